The van der Waals surface area contributed by atoms with Crippen LogP contribution in [0.2, 0.25) is 0 Å². The number of hydrogen-bond acceptors (Lipinski definition) is 5. The summed E-state index contributed by atoms with van der Waals surface area (Å²) < 4.78 is 27.0. The largest absolute Gasteiger partial charge is 0.310 e. The fourth-order valence-electron chi connectivity index (χ4n) is 1.68. The molecule has 0 aliphatic carbocycles. The minimum Gasteiger partial charge on any atom is -0.310 e. The maximum absolute atomic E-state index is 12.2. The summed E-state index contributed by atoms with van der Waals surface area (Å²) in [6, 6.07) is 3.64. The predicted octanol–water partition coefficient (Wildman–Crippen LogP) is 2.00. The minimum atomic E-state index is -3.53. The van der Waals surface area contributed by atoms with Gasteiger partial charge in [-0.2, -0.15) is 11.8 Å². The van der Waals surface area contributed by atoms with Crippen molar-refractivity contribution in [3.63, 3.8) is 0 Å². The van der Waals surface area contributed by atoms with Crippen LogP contribution in [-0.4, -0.2) is 37.5 Å². The topological polar surface area (TPSA) is 71.1 Å². The van der Waals surface area contributed by atoms with Crippen LogP contribution < -0.4 is 10.0 Å². The molecule has 0 radical (unpaired) electrons. The van der Waals surface area contributed by atoms with Crippen molar-refractivity contribution in [2.45, 2.75) is 50.8 Å². The highest BCUT2D eigenvalue weighted by Gasteiger charge is 2.18. The second kappa shape index (κ2) is 8.73. The smallest absolute Gasteiger partial charge is 0.258 e. The average Bonchev–Trinajstić information content (AvgIpc) is 2.43. The van der Waals surface area contributed by atoms with Crippen molar-refractivity contribution in [3.05, 3.63) is 23.9 Å². The van der Waals surface area contributed by atoms with Crippen LogP contribution in [0.1, 0.15) is 32.8 Å². The van der Waals surface area contributed by atoms with Gasteiger partial charge in [0.05, 0.1) is 0 Å². The molecule has 1 atom stereocenters. The summed E-state index contributed by atoms with van der Waals surface area (Å²) in [5, 5.41) is 3.34. The van der Waals surface area contributed by atoms with Crippen LogP contribution in [0.3, 0.4) is 0 Å². The van der Waals surface area contributed by atoms with E-state index in [1.165, 1.54) is 0 Å². The molecule has 1 unspecified atom stereocenters. The number of pyridine rings is 1. The fourth-order valence-corrected chi connectivity index (χ4v) is 3.47. The van der Waals surface area contributed by atoms with E-state index >= 15 is 0 Å². The first-order chi connectivity index (χ1) is 9.85. The third-order valence-electron chi connectivity index (χ3n) is 2.90. The lowest BCUT2D eigenvalue weighted by Crippen LogP contribution is -2.33. The Labute approximate surface area is 132 Å². The second-order valence-corrected chi connectivity index (χ2v) is 7.99. The Kier molecular flexibility index (Phi) is 7.65. The summed E-state index contributed by atoms with van der Waals surface area (Å²) in [5.74, 6) is 0.928. The fraction of sp³-hybridized carbons (Fsp3) is 0.643. The highest BCUT2D eigenvalue weighted by molar-refractivity contribution is 7.98. The summed E-state index contributed by atoms with van der Waals surface area (Å²) in [4.78, 5) is 4.07. The summed E-state index contributed by atoms with van der Waals surface area (Å²) in [5.41, 5.74) is 0.970. The van der Waals surface area contributed by atoms with Gasteiger partial charge in [0.15, 0.2) is 5.03 Å². The molecule has 2 N–H and O–H groups in total. The van der Waals surface area contributed by atoms with Gasteiger partial charge in [0.1, 0.15) is 0 Å². The standard InChI is InChI=1S/C14H25N3O2S2/c1-11(2)15-9-13-5-6-14(16-10-13)21(18,19)17-12(3)7-8-20-4/h5-6,10-12,15,17H,7-9H2,1-4H3. The third kappa shape index (κ3) is 6.78. The molecule has 0 amide bonds. The molecule has 0 aliphatic rings. The highest BCUT2D eigenvalue weighted by Crippen LogP contribution is 2.09. The number of thioether (sulfide) groups is 1. The number of nitrogens with zero attached hydrogens (tertiary/aromatic N) is 1. The molecule has 5 nitrogen and oxygen atoms in total. The van der Waals surface area contributed by atoms with Gasteiger partial charge in [0.25, 0.3) is 10.0 Å². The Morgan fingerprint density at radius 2 is 2.00 bits per heavy atom. The van der Waals surface area contributed by atoms with Gasteiger partial charge in [-0.25, -0.2) is 18.1 Å². The second-order valence-electron chi connectivity index (χ2n) is 5.34. The van der Waals surface area contributed by atoms with Crippen LogP contribution >= 0.6 is 11.8 Å². The zero-order valence-corrected chi connectivity index (χ0v) is 14.7. The van der Waals surface area contributed by atoms with Gasteiger partial charge in [-0.15, -0.1) is 0 Å². The monoisotopic (exact) mass is 331 g/mol. The molecular formula is C14H25N3O2S2. The third-order valence-corrected chi connectivity index (χ3v) is 5.05. The van der Waals surface area contributed by atoms with Crippen molar-refractivity contribution in [2.75, 3.05) is 12.0 Å². The first kappa shape index (κ1) is 18.4. The van der Waals surface area contributed by atoms with Crippen LogP contribution in [-0.2, 0) is 16.6 Å². The molecule has 1 rings (SSSR count). The van der Waals surface area contributed by atoms with Crippen molar-refractivity contribution < 1.29 is 8.42 Å². The molecular weight excluding hydrogens is 306 g/mol. The molecule has 1 aromatic heterocycles. The van der Waals surface area contributed by atoms with Gasteiger partial charge in [-0.3, -0.25) is 0 Å². The molecule has 0 aromatic carbocycles. The van der Waals surface area contributed by atoms with E-state index in [9.17, 15) is 8.42 Å². The van der Waals surface area contributed by atoms with Crippen LogP contribution in [0.4, 0.5) is 0 Å². The lowest BCUT2D eigenvalue weighted by atomic mass is 10.2. The van der Waals surface area contributed by atoms with E-state index < -0.39 is 10.0 Å². The molecule has 1 aromatic rings. The molecule has 7 heteroatoms. The van der Waals surface area contributed by atoms with Crippen molar-refractivity contribution in [1.29, 1.82) is 0 Å². The van der Waals surface area contributed by atoms with Crippen molar-refractivity contribution >= 4 is 21.8 Å². The van der Waals surface area contributed by atoms with Gasteiger partial charge >= 0.3 is 0 Å². The Morgan fingerprint density at radius 3 is 2.52 bits per heavy atom. The summed E-state index contributed by atoms with van der Waals surface area (Å²) in [6.45, 7) is 6.68. The average molecular weight is 332 g/mol. The van der Waals surface area contributed by atoms with Crippen molar-refractivity contribution in [3.8, 4) is 0 Å². The van der Waals surface area contributed by atoms with Crippen LogP contribution in [0.25, 0.3) is 0 Å². The van der Waals surface area contributed by atoms with E-state index in [2.05, 4.69) is 28.9 Å². The molecule has 21 heavy (non-hydrogen) atoms. The molecule has 0 fully saturated rings. The number of aromatic nitrogens is 1. The number of sulfonamides is 1. The Morgan fingerprint density at radius 1 is 1.29 bits per heavy atom. The van der Waals surface area contributed by atoms with E-state index in [0.717, 1.165) is 17.7 Å². The van der Waals surface area contributed by atoms with Crippen molar-refractivity contribution in [2.24, 2.45) is 0 Å². The molecule has 0 spiro atoms. The van der Waals surface area contributed by atoms with Gasteiger partial charge < -0.3 is 5.32 Å². The lowest BCUT2D eigenvalue weighted by Gasteiger charge is -2.13. The number of hydrogen-bond donors (Lipinski definition) is 2. The van der Waals surface area contributed by atoms with E-state index in [-0.39, 0.29) is 11.1 Å². The first-order valence-electron chi connectivity index (χ1n) is 7.04. The molecule has 0 bridgehead atoms. The summed E-state index contributed by atoms with van der Waals surface area (Å²) >= 11 is 1.70. The van der Waals surface area contributed by atoms with Crippen LogP contribution in [0.5, 0.6) is 0 Å². The number of rotatable bonds is 9. The Bertz CT molecular complexity index is 516. The quantitative estimate of drug-likeness (QED) is 0.724. The Hall–Kier alpha value is -0.630. The summed E-state index contributed by atoms with van der Waals surface area (Å²) in [7, 11) is -3.53. The first-order valence-corrected chi connectivity index (χ1v) is 9.92. The van der Waals surface area contributed by atoms with E-state index in [0.29, 0.717) is 12.6 Å². The maximum Gasteiger partial charge on any atom is 0.258 e. The van der Waals surface area contributed by atoms with E-state index in [1.807, 2.05) is 13.2 Å². The highest BCUT2D eigenvalue weighted by atomic mass is 32.2. The van der Waals surface area contributed by atoms with Gasteiger partial charge in [0.2, 0.25) is 0 Å². The molecule has 1 heterocycles. The van der Waals surface area contributed by atoms with Gasteiger partial charge in [-0.1, -0.05) is 19.9 Å². The zero-order valence-electron chi connectivity index (χ0n) is 13.1. The van der Waals surface area contributed by atoms with Crippen LogP contribution in [0, 0.1) is 0 Å². The van der Waals surface area contributed by atoms with Crippen LogP contribution in [0.15, 0.2) is 23.4 Å². The predicted molar refractivity (Wildman–Crippen MR) is 89.0 cm³/mol. The molecule has 0 aliphatic heterocycles. The SMILES string of the molecule is CSCCC(C)NS(=O)(=O)c1ccc(CNC(C)C)cn1. The van der Waals surface area contributed by atoms with E-state index in [1.54, 1.807) is 30.1 Å². The molecule has 0 saturated carbocycles. The summed E-state index contributed by atoms with van der Waals surface area (Å²) in [6.07, 6.45) is 4.42. The molecule has 0 saturated heterocycles. The van der Waals surface area contributed by atoms with Gasteiger partial charge in [-0.05, 0) is 37.0 Å². The lowest BCUT2D eigenvalue weighted by molar-refractivity contribution is 0.553. The van der Waals surface area contributed by atoms with Crippen molar-refractivity contribution in [1.82, 2.24) is 15.0 Å². The maximum atomic E-state index is 12.2. The minimum absolute atomic E-state index is 0.0757. The van der Waals surface area contributed by atoms with Gasteiger partial charge in [0, 0.05) is 24.8 Å². The normalized spacial score (nSPS) is 13.6. The number of nitrogens with one attached hydrogen (secondary N) is 2. The zero-order chi connectivity index (χ0) is 15.9. The van der Waals surface area contributed by atoms with E-state index in [4.69, 9.17) is 0 Å². The Balaban J connectivity index is 2.66. The molecule has 120 valence electrons.